The van der Waals surface area contributed by atoms with Gasteiger partial charge in [0.15, 0.2) is 5.58 Å². The molecule has 0 spiro atoms. The molecule has 0 atom stereocenters. The van der Waals surface area contributed by atoms with E-state index in [0.29, 0.717) is 5.89 Å². The maximum Gasteiger partial charge on any atom is 0.227 e. The Hall–Kier alpha value is -7.69. The van der Waals surface area contributed by atoms with Gasteiger partial charge in [-0.2, -0.15) is 0 Å². The lowest BCUT2D eigenvalue weighted by atomic mass is 9.95. The summed E-state index contributed by atoms with van der Waals surface area (Å²) in [6, 6.07) is 72.1. The minimum absolute atomic E-state index is 0.610. The molecule has 0 unspecified atom stereocenters. The number of anilines is 3. The molecule has 0 aliphatic heterocycles. The number of para-hydroxylation sites is 1. The molecular weight excluding hydrogens is 697 g/mol. The van der Waals surface area contributed by atoms with Gasteiger partial charge in [0.2, 0.25) is 5.89 Å². The molecule has 9 aromatic carbocycles. The Balaban J connectivity index is 1.06. The van der Waals surface area contributed by atoms with Crippen LogP contribution in [0.5, 0.6) is 0 Å². The van der Waals surface area contributed by atoms with Crippen molar-refractivity contribution in [3.05, 3.63) is 206 Å². The Morgan fingerprint density at radius 3 is 1.51 bits per heavy atom. The fraction of sp³-hybridized carbons (Fsp3) is 0. The number of oxazole rings is 1. The second-order valence-electron chi connectivity index (χ2n) is 14.3. The smallest absolute Gasteiger partial charge is 0.227 e. The van der Waals surface area contributed by atoms with Crippen molar-refractivity contribution in [2.45, 2.75) is 0 Å². The third-order valence-electron chi connectivity index (χ3n) is 10.9. The average molecular weight is 731 g/mol. The lowest BCUT2D eigenvalue weighted by molar-refractivity contribution is 0.621. The van der Waals surface area contributed by atoms with Crippen LogP contribution in [0.2, 0.25) is 0 Å². The summed E-state index contributed by atoms with van der Waals surface area (Å²) in [6.45, 7) is 0. The van der Waals surface area contributed by atoms with Crippen LogP contribution in [-0.2, 0) is 0 Å². The highest BCUT2D eigenvalue weighted by atomic mass is 16.3. The predicted octanol–water partition coefficient (Wildman–Crippen LogP) is 15.0. The van der Waals surface area contributed by atoms with E-state index in [1.54, 1.807) is 0 Å². The summed E-state index contributed by atoms with van der Waals surface area (Å²) >= 11 is 0. The number of benzene rings is 9. The largest absolute Gasteiger partial charge is 0.455 e. The van der Waals surface area contributed by atoms with Crippen LogP contribution in [0, 0.1) is 0 Å². The van der Waals surface area contributed by atoms with E-state index in [1.165, 1.54) is 22.3 Å². The van der Waals surface area contributed by atoms with E-state index in [9.17, 15) is 0 Å². The summed E-state index contributed by atoms with van der Waals surface area (Å²) in [7, 11) is 0. The van der Waals surface area contributed by atoms with E-state index in [0.717, 1.165) is 77.6 Å². The molecule has 0 saturated heterocycles. The molecule has 11 aromatic rings. The van der Waals surface area contributed by atoms with Gasteiger partial charge in [0.25, 0.3) is 0 Å². The molecule has 268 valence electrons. The van der Waals surface area contributed by atoms with Gasteiger partial charge in [-0.15, -0.1) is 0 Å². The number of nitrogens with zero attached hydrogens (tertiary/aromatic N) is 2. The number of hydrogen-bond acceptors (Lipinski definition) is 4. The molecule has 2 heterocycles. The van der Waals surface area contributed by atoms with E-state index in [-0.39, 0.29) is 0 Å². The van der Waals surface area contributed by atoms with Gasteiger partial charge in [0, 0.05) is 50.4 Å². The molecule has 0 radical (unpaired) electrons. The molecule has 0 fully saturated rings. The molecule has 0 bridgehead atoms. The van der Waals surface area contributed by atoms with Crippen LogP contribution >= 0.6 is 0 Å². The summed E-state index contributed by atoms with van der Waals surface area (Å²) < 4.78 is 13.4. The van der Waals surface area contributed by atoms with Gasteiger partial charge in [-0.25, -0.2) is 4.98 Å². The van der Waals surface area contributed by atoms with Crippen molar-refractivity contribution in [3.63, 3.8) is 0 Å². The SMILES string of the molecule is c1ccc(-c2ccc(N(c3ccc(-c4ccccc4)cc3)c3ccc4c(c3)oc3c5ccccc5c(-c5cccc6nc(-c7ccccc7)oc56)cc43)cc2)cc1. The zero-order chi connectivity index (χ0) is 37.7. The number of hydrogen-bond donors (Lipinski definition) is 0. The Labute approximate surface area is 329 Å². The minimum atomic E-state index is 0.610. The van der Waals surface area contributed by atoms with Gasteiger partial charge in [-0.1, -0.05) is 140 Å². The van der Waals surface area contributed by atoms with Crippen LogP contribution in [-0.4, -0.2) is 4.98 Å². The Kier molecular flexibility index (Phi) is 7.78. The first-order valence-electron chi connectivity index (χ1n) is 19.2. The van der Waals surface area contributed by atoms with E-state index in [2.05, 4.69) is 175 Å². The maximum absolute atomic E-state index is 6.86. The first-order chi connectivity index (χ1) is 28.2. The van der Waals surface area contributed by atoms with Crippen molar-refractivity contribution < 1.29 is 8.83 Å². The lowest BCUT2D eigenvalue weighted by Crippen LogP contribution is -2.09. The number of fused-ring (bicyclic) bond motifs is 6. The Morgan fingerprint density at radius 2 is 0.877 bits per heavy atom. The Bertz CT molecular complexity index is 3120. The molecule has 0 aliphatic rings. The van der Waals surface area contributed by atoms with E-state index in [4.69, 9.17) is 13.8 Å². The molecule has 0 aliphatic carbocycles. The van der Waals surface area contributed by atoms with Crippen LogP contribution in [0.3, 0.4) is 0 Å². The molecule has 57 heavy (non-hydrogen) atoms. The second kappa shape index (κ2) is 13.6. The summed E-state index contributed by atoms with van der Waals surface area (Å²) in [4.78, 5) is 7.18. The van der Waals surface area contributed by atoms with Crippen LogP contribution in [0.1, 0.15) is 0 Å². The highest BCUT2D eigenvalue weighted by Crippen LogP contribution is 2.44. The first kappa shape index (κ1) is 32.7. The monoisotopic (exact) mass is 730 g/mol. The van der Waals surface area contributed by atoms with Crippen molar-refractivity contribution in [3.8, 4) is 44.8 Å². The van der Waals surface area contributed by atoms with Crippen molar-refractivity contribution >= 4 is 60.9 Å². The quantitative estimate of drug-likeness (QED) is 0.164. The van der Waals surface area contributed by atoms with Crippen LogP contribution in [0.15, 0.2) is 215 Å². The van der Waals surface area contributed by atoms with Crippen molar-refractivity contribution in [1.82, 2.24) is 4.98 Å². The standard InChI is InChI=1S/C53H34N2O2/c1-4-13-35(14-5-1)37-23-27-40(28-24-37)55(41-29-25-38(26-30-41)36-15-6-2-7-16-36)42-31-32-44-48-34-47(43-19-10-11-20-45(43)51(48)56-50(44)33-42)46-21-12-22-49-52(46)57-53(54-49)39-17-8-3-9-18-39/h1-34H. The van der Waals surface area contributed by atoms with Gasteiger partial charge >= 0.3 is 0 Å². The molecule has 4 heteroatoms. The zero-order valence-electron chi connectivity index (χ0n) is 30.8. The third-order valence-corrected chi connectivity index (χ3v) is 10.9. The fourth-order valence-electron chi connectivity index (χ4n) is 8.13. The molecular formula is C53H34N2O2. The summed E-state index contributed by atoms with van der Waals surface area (Å²) in [6.07, 6.45) is 0. The number of rotatable bonds is 7. The van der Waals surface area contributed by atoms with Crippen LogP contribution in [0.25, 0.3) is 88.6 Å². The normalized spacial score (nSPS) is 11.5. The van der Waals surface area contributed by atoms with Gasteiger partial charge < -0.3 is 13.7 Å². The fourth-order valence-corrected chi connectivity index (χ4v) is 8.13. The highest BCUT2D eigenvalue weighted by Gasteiger charge is 2.21. The van der Waals surface area contributed by atoms with E-state index >= 15 is 0 Å². The summed E-state index contributed by atoms with van der Waals surface area (Å²) in [5.74, 6) is 0.610. The molecule has 0 N–H and O–H groups in total. The van der Waals surface area contributed by atoms with Crippen LogP contribution < -0.4 is 4.90 Å². The van der Waals surface area contributed by atoms with E-state index < -0.39 is 0 Å². The Morgan fingerprint density at radius 1 is 0.333 bits per heavy atom. The van der Waals surface area contributed by atoms with Gasteiger partial charge in [-0.05, 0) is 93.9 Å². The lowest BCUT2D eigenvalue weighted by Gasteiger charge is -2.26. The minimum Gasteiger partial charge on any atom is -0.455 e. The summed E-state index contributed by atoms with van der Waals surface area (Å²) in [5.41, 5.74) is 14.1. The maximum atomic E-state index is 6.86. The summed E-state index contributed by atoms with van der Waals surface area (Å²) in [5, 5.41) is 4.24. The zero-order valence-corrected chi connectivity index (χ0v) is 30.8. The van der Waals surface area contributed by atoms with Gasteiger partial charge in [0.1, 0.15) is 16.7 Å². The number of aromatic nitrogens is 1. The topological polar surface area (TPSA) is 42.4 Å². The molecule has 0 saturated carbocycles. The van der Waals surface area contributed by atoms with Crippen molar-refractivity contribution in [2.75, 3.05) is 4.90 Å². The number of furan rings is 1. The van der Waals surface area contributed by atoms with Crippen molar-refractivity contribution in [2.24, 2.45) is 0 Å². The second-order valence-corrected chi connectivity index (χ2v) is 14.3. The van der Waals surface area contributed by atoms with E-state index in [1.807, 2.05) is 36.4 Å². The van der Waals surface area contributed by atoms with Crippen molar-refractivity contribution in [1.29, 1.82) is 0 Å². The third kappa shape index (κ3) is 5.74. The first-order valence-corrected chi connectivity index (χ1v) is 19.2. The molecule has 11 rings (SSSR count). The molecule has 4 nitrogen and oxygen atoms in total. The average Bonchev–Trinajstić information content (AvgIpc) is 3.90. The van der Waals surface area contributed by atoms with Gasteiger partial charge in [-0.3, -0.25) is 0 Å². The van der Waals surface area contributed by atoms with Crippen LogP contribution in [0.4, 0.5) is 17.1 Å². The predicted molar refractivity (Wildman–Crippen MR) is 235 cm³/mol. The molecule has 2 aromatic heterocycles. The molecule has 0 amide bonds. The highest BCUT2D eigenvalue weighted by molar-refractivity contribution is 6.20. The van der Waals surface area contributed by atoms with Gasteiger partial charge in [0.05, 0.1) is 0 Å².